The van der Waals surface area contributed by atoms with Crippen LogP contribution in [0.5, 0.6) is 0 Å². The zero-order chi connectivity index (χ0) is 19.4. The largest absolute Gasteiger partial charge is 0.384 e. The Morgan fingerprint density at radius 3 is 2.78 bits per heavy atom. The zero-order valence-electron chi connectivity index (χ0n) is 14.5. The number of halogens is 1. The van der Waals surface area contributed by atoms with Crippen LogP contribution in [0.25, 0.3) is 6.08 Å². The van der Waals surface area contributed by atoms with Crippen LogP contribution in [0.2, 0.25) is 4.34 Å². The topological polar surface area (TPSA) is 90.5 Å². The summed E-state index contributed by atoms with van der Waals surface area (Å²) in [6.07, 6.45) is 3.18. The monoisotopic (exact) mass is 402 g/mol. The number of carbonyl (C=O) groups is 2. The number of piperazine rings is 1. The van der Waals surface area contributed by atoms with Gasteiger partial charge in [-0.05, 0) is 29.8 Å². The molecule has 1 aromatic heterocycles. The molecule has 0 radical (unpaired) electrons. The van der Waals surface area contributed by atoms with Gasteiger partial charge in [0.05, 0.1) is 4.34 Å². The summed E-state index contributed by atoms with van der Waals surface area (Å²) in [5, 5.41) is 7.51. The summed E-state index contributed by atoms with van der Waals surface area (Å²) in [7, 11) is 0. The Bertz CT molecular complexity index is 909. The predicted molar refractivity (Wildman–Crippen MR) is 108 cm³/mol. The number of nitrogens with one attached hydrogen (secondary N) is 1. The number of amides is 2. The molecule has 27 heavy (non-hydrogen) atoms. The van der Waals surface area contributed by atoms with Crippen LogP contribution in [-0.4, -0.2) is 47.1 Å². The molecule has 2 heterocycles. The first-order valence-corrected chi connectivity index (χ1v) is 9.55. The van der Waals surface area contributed by atoms with Gasteiger partial charge in [0.2, 0.25) is 11.8 Å². The van der Waals surface area contributed by atoms with Crippen LogP contribution in [0.15, 0.2) is 42.5 Å². The summed E-state index contributed by atoms with van der Waals surface area (Å²) in [6, 6.07) is 10.9. The van der Waals surface area contributed by atoms with E-state index in [1.165, 1.54) is 22.3 Å². The fourth-order valence-corrected chi connectivity index (χ4v) is 3.76. The smallest absolute Gasteiger partial charge is 0.247 e. The minimum Gasteiger partial charge on any atom is -0.384 e. The average molecular weight is 403 g/mol. The standard InChI is InChI=1S/C19H19ClN4O2S/c20-16-6-4-15(27-16)5-7-17(25)24-9-8-23(18(26)12-24)11-13-2-1-3-14(10-13)19(21)22/h1-7,10H,8-9,11-12H2,(H3,21,22). The third-order valence-electron chi connectivity index (χ3n) is 4.23. The van der Waals surface area contributed by atoms with Crippen LogP contribution in [0.3, 0.4) is 0 Å². The molecule has 0 aliphatic carbocycles. The molecule has 0 unspecified atom stereocenters. The van der Waals surface area contributed by atoms with E-state index in [0.29, 0.717) is 29.5 Å². The molecular formula is C19H19ClN4O2S. The van der Waals surface area contributed by atoms with Crippen LogP contribution in [0.1, 0.15) is 16.0 Å². The fourth-order valence-electron chi connectivity index (χ4n) is 2.80. The van der Waals surface area contributed by atoms with Gasteiger partial charge >= 0.3 is 0 Å². The molecule has 2 aromatic rings. The molecule has 0 bridgehead atoms. The number of nitrogens with zero attached hydrogens (tertiary/aromatic N) is 2. The Kier molecular flexibility index (Phi) is 5.93. The normalized spacial score (nSPS) is 14.8. The lowest BCUT2D eigenvalue weighted by Gasteiger charge is -2.34. The molecular weight excluding hydrogens is 384 g/mol. The van der Waals surface area contributed by atoms with Crippen molar-refractivity contribution in [1.82, 2.24) is 9.80 Å². The van der Waals surface area contributed by atoms with Crippen LogP contribution in [-0.2, 0) is 16.1 Å². The Morgan fingerprint density at radius 1 is 1.30 bits per heavy atom. The summed E-state index contributed by atoms with van der Waals surface area (Å²) in [5.74, 6) is -0.293. The van der Waals surface area contributed by atoms with Crippen LogP contribution in [0, 0.1) is 5.41 Å². The summed E-state index contributed by atoms with van der Waals surface area (Å²) in [5.41, 5.74) is 7.05. The van der Waals surface area contributed by atoms with Crippen molar-refractivity contribution in [3.63, 3.8) is 0 Å². The maximum atomic E-state index is 12.4. The lowest BCUT2D eigenvalue weighted by atomic mass is 10.1. The molecule has 3 N–H and O–H groups in total. The van der Waals surface area contributed by atoms with Gasteiger partial charge in [-0.2, -0.15) is 0 Å². The highest BCUT2D eigenvalue weighted by molar-refractivity contribution is 7.17. The Hall–Kier alpha value is -2.64. The van der Waals surface area contributed by atoms with Crippen molar-refractivity contribution in [2.75, 3.05) is 19.6 Å². The van der Waals surface area contributed by atoms with Crippen LogP contribution < -0.4 is 5.73 Å². The van der Waals surface area contributed by atoms with Gasteiger partial charge in [0.15, 0.2) is 0 Å². The highest BCUT2D eigenvalue weighted by Crippen LogP contribution is 2.22. The van der Waals surface area contributed by atoms with E-state index >= 15 is 0 Å². The molecule has 2 amide bonds. The van der Waals surface area contributed by atoms with Gasteiger partial charge in [0, 0.05) is 36.2 Å². The Balaban J connectivity index is 1.58. The lowest BCUT2D eigenvalue weighted by Crippen LogP contribution is -2.51. The molecule has 6 nitrogen and oxygen atoms in total. The fraction of sp³-hybridized carbons (Fsp3) is 0.211. The first kappa shape index (κ1) is 19.1. The van der Waals surface area contributed by atoms with E-state index in [1.807, 2.05) is 24.3 Å². The Labute approximate surface area is 166 Å². The van der Waals surface area contributed by atoms with Crippen molar-refractivity contribution in [1.29, 1.82) is 5.41 Å². The van der Waals surface area contributed by atoms with Gasteiger partial charge in [-0.15, -0.1) is 11.3 Å². The van der Waals surface area contributed by atoms with E-state index in [1.54, 1.807) is 23.1 Å². The summed E-state index contributed by atoms with van der Waals surface area (Å²) >= 11 is 7.26. The number of hydrogen-bond donors (Lipinski definition) is 2. The molecule has 0 spiro atoms. The summed E-state index contributed by atoms with van der Waals surface area (Å²) in [6.45, 7) is 1.44. The number of nitrogen functional groups attached to an aromatic ring is 1. The van der Waals surface area contributed by atoms with Crippen molar-refractivity contribution in [3.05, 3.63) is 62.8 Å². The quantitative estimate of drug-likeness (QED) is 0.457. The second-order valence-corrected chi connectivity index (χ2v) is 7.91. The maximum absolute atomic E-state index is 12.4. The number of hydrogen-bond acceptors (Lipinski definition) is 4. The number of thiophene rings is 1. The van der Waals surface area contributed by atoms with E-state index in [-0.39, 0.29) is 24.2 Å². The number of amidine groups is 1. The van der Waals surface area contributed by atoms with Crippen LogP contribution >= 0.6 is 22.9 Å². The van der Waals surface area contributed by atoms with Crippen molar-refractivity contribution < 1.29 is 9.59 Å². The highest BCUT2D eigenvalue weighted by atomic mass is 35.5. The van der Waals surface area contributed by atoms with E-state index in [4.69, 9.17) is 22.7 Å². The van der Waals surface area contributed by atoms with E-state index < -0.39 is 0 Å². The van der Waals surface area contributed by atoms with Crippen molar-refractivity contribution in [2.24, 2.45) is 5.73 Å². The third-order valence-corrected chi connectivity index (χ3v) is 5.42. The maximum Gasteiger partial charge on any atom is 0.247 e. The molecule has 140 valence electrons. The van der Waals surface area contributed by atoms with E-state index in [9.17, 15) is 9.59 Å². The molecule has 3 rings (SSSR count). The molecule has 1 aromatic carbocycles. The van der Waals surface area contributed by atoms with Gasteiger partial charge in [-0.25, -0.2) is 0 Å². The first-order chi connectivity index (χ1) is 12.9. The summed E-state index contributed by atoms with van der Waals surface area (Å²) < 4.78 is 0.666. The molecule has 0 atom stereocenters. The third kappa shape index (κ3) is 4.96. The molecule has 1 aliphatic rings. The van der Waals surface area contributed by atoms with Gasteiger partial charge in [-0.3, -0.25) is 15.0 Å². The van der Waals surface area contributed by atoms with Gasteiger partial charge < -0.3 is 15.5 Å². The number of carbonyl (C=O) groups excluding carboxylic acids is 2. The minimum atomic E-state index is -0.189. The second-order valence-electron chi connectivity index (χ2n) is 6.16. The average Bonchev–Trinajstić information content (AvgIpc) is 3.07. The highest BCUT2D eigenvalue weighted by Gasteiger charge is 2.26. The predicted octanol–water partition coefficient (Wildman–Crippen LogP) is 2.57. The number of nitrogens with two attached hydrogens (primary N) is 1. The SMILES string of the molecule is N=C(N)c1cccc(CN2CCN(C(=O)C=Cc3ccc(Cl)s3)CC2=O)c1. The molecule has 1 aliphatic heterocycles. The molecule has 1 fully saturated rings. The number of rotatable bonds is 5. The van der Waals surface area contributed by atoms with Gasteiger partial charge in [0.1, 0.15) is 12.4 Å². The number of benzene rings is 1. The first-order valence-electron chi connectivity index (χ1n) is 8.36. The molecule has 0 saturated carbocycles. The summed E-state index contributed by atoms with van der Waals surface area (Å²) in [4.78, 5) is 28.9. The van der Waals surface area contributed by atoms with Gasteiger partial charge in [0.25, 0.3) is 0 Å². The molecule has 8 heteroatoms. The lowest BCUT2D eigenvalue weighted by molar-refractivity contribution is -0.143. The zero-order valence-corrected chi connectivity index (χ0v) is 16.1. The van der Waals surface area contributed by atoms with E-state index in [0.717, 1.165) is 10.4 Å². The van der Waals surface area contributed by atoms with E-state index in [2.05, 4.69) is 0 Å². The second kappa shape index (κ2) is 8.37. The van der Waals surface area contributed by atoms with Gasteiger partial charge in [-0.1, -0.05) is 29.8 Å². The Morgan fingerprint density at radius 2 is 2.11 bits per heavy atom. The van der Waals surface area contributed by atoms with Crippen LogP contribution in [0.4, 0.5) is 0 Å². The van der Waals surface area contributed by atoms with Crippen molar-refractivity contribution in [2.45, 2.75) is 6.54 Å². The van der Waals surface area contributed by atoms with Crippen molar-refractivity contribution >= 4 is 46.7 Å². The molecule has 1 saturated heterocycles. The van der Waals surface area contributed by atoms with Crippen molar-refractivity contribution in [3.8, 4) is 0 Å². The minimum absolute atomic E-state index is 0.00240.